The van der Waals surface area contributed by atoms with E-state index in [0.29, 0.717) is 0 Å². The first-order chi connectivity index (χ1) is 10.3. The van der Waals surface area contributed by atoms with E-state index in [-0.39, 0.29) is 22.9 Å². The second kappa shape index (κ2) is 6.62. The summed E-state index contributed by atoms with van der Waals surface area (Å²) in [5.41, 5.74) is 0.307. The van der Waals surface area contributed by atoms with E-state index in [1.165, 1.54) is 18.2 Å². The third kappa shape index (κ3) is 4.17. The summed E-state index contributed by atoms with van der Waals surface area (Å²) in [5, 5.41) is 21.5. The lowest BCUT2D eigenvalue weighted by atomic mass is 9.82. The fraction of sp³-hybridized carbons (Fsp3) is 0.571. The lowest BCUT2D eigenvalue weighted by Crippen LogP contribution is -2.19. The molecule has 22 heavy (non-hydrogen) atoms. The van der Waals surface area contributed by atoms with Gasteiger partial charge in [0.25, 0.3) is 5.69 Å². The maximum Gasteiger partial charge on any atom is 0.269 e. The van der Waals surface area contributed by atoms with Gasteiger partial charge in [-0.1, -0.05) is 19.3 Å². The van der Waals surface area contributed by atoms with Crippen LogP contribution in [0.25, 0.3) is 0 Å². The van der Waals surface area contributed by atoms with Crippen molar-refractivity contribution in [2.45, 2.75) is 38.2 Å². The van der Waals surface area contributed by atoms with Crippen LogP contribution in [0.15, 0.2) is 18.2 Å². The molecule has 1 aromatic carbocycles. The van der Waals surface area contributed by atoms with E-state index in [4.69, 9.17) is 0 Å². The molecular weight excluding hydrogens is 308 g/mol. The SMILES string of the molecule is CS(=O)(=O)Nc1ccc([N+](=O)[O-])cc1C(O)C1CCCCC1. The van der Waals surface area contributed by atoms with Crippen molar-refractivity contribution in [3.8, 4) is 0 Å². The minimum Gasteiger partial charge on any atom is -0.388 e. The molecule has 1 unspecified atom stereocenters. The van der Waals surface area contributed by atoms with Crippen molar-refractivity contribution in [2.24, 2.45) is 5.92 Å². The van der Waals surface area contributed by atoms with Gasteiger partial charge in [0.15, 0.2) is 0 Å². The first kappa shape index (κ1) is 16.7. The fourth-order valence-corrected chi connectivity index (χ4v) is 3.49. The summed E-state index contributed by atoms with van der Waals surface area (Å²) in [5.74, 6) is -0.00383. The van der Waals surface area contributed by atoms with Gasteiger partial charge < -0.3 is 5.11 Å². The zero-order chi connectivity index (χ0) is 16.3. The summed E-state index contributed by atoms with van der Waals surface area (Å²) < 4.78 is 25.2. The highest BCUT2D eigenvalue weighted by Gasteiger charge is 2.27. The van der Waals surface area contributed by atoms with Crippen LogP contribution >= 0.6 is 0 Å². The Morgan fingerprint density at radius 2 is 1.95 bits per heavy atom. The minimum atomic E-state index is -3.53. The maximum absolute atomic E-state index is 11.4. The van der Waals surface area contributed by atoms with E-state index >= 15 is 0 Å². The third-order valence-electron chi connectivity index (χ3n) is 3.96. The normalized spacial score (nSPS) is 17.9. The van der Waals surface area contributed by atoms with Crippen LogP contribution in [0.2, 0.25) is 0 Å². The van der Waals surface area contributed by atoms with Crippen molar-refractivity contribution in [2.75, 3.05) is 11.0 Å². The van der Waals surface area contributed by atoms with E-state index in [2.05, 4.69) is 4.72 Å². The van der Waals surface area contributed by atoms with Crippen LogP contribution in [0.4, 0.5) is 11.4 Å². The molecule has 8 heteroatoms. The fourth-order valence-electron chi connectivity index (χ4n) is 2.90. The number of nitro groups is 1. The summed E-state index contributed by atoms with van der Waals surface area (Å²) in [6, 6.07) is 3.82. The molecule has 0 heterocycles. The molecule has 7 nitrogen and oxygen atoms in total. The summed E-state index contributed by atoms with van der Waals surface area (Å²) >= 11 is 0. The highest BCUT2D eigenvalue weighted by atomic mass is 32.2. The first-order valence-electron chi connectivity index (χ1n) is 7.22. The standard InChI is InChI=1S/C14H20N2O5S/c1-22(20,21)15-13-8-7-11(16(18)19)9-12(13)14(17)10-5-3-2-4-6-10/h7-10,14-15,17H,2-6H2,1H3. The molecule has 2 rings (SSSR count). The Balaban J connectivity index is 2.39. The number of nitrogens with one attached hydrogen (secondary N) is 1. The molecule has 0 aliphatic heterocycles. The van der Waals surface area contributed by atoms with Crippen molar-refractivity contribution in [3.05, 3.63) is 33.9 Å². The number of non-ortho nitro benzene ring substituents is 1. The predicted molar refractivity (Wildman–Crippen MR) is 83.1 cm³/mol. The number of anilines is 1. The van der Waals surface area contributed by atoms with E-state index in [9.17, 15) is 23.6 Å². The molecule has 0 amide bonds. The van der Waals surface area contributed by atoms with E-state index in [1.807, 2.05) is 0 Å². The lowest BCUT2D eigenvalue weighted by molar-refractivity contribution is -0.385. The van der Waals surface area contributed by atoms with Gasteiger partial charge in [-0.15, -0.1) is 0 Å². The van der Waals surface area contributed by atoms with Gasteiger partial charge in [-0.05, 0) is 24.8 Å². The number of hydrogen-bond acceptors (Lipinski definition) is 5. The van der Waals surface area contributed by atoms with E-state index in [0.717, 1.165) is 38.4 Å². The average Bonchev–Trinajstić information content (AvgIpc) is 2.46. The van der Waals surface area contributed by atoms with Crippen molar-refractivity contribution >= 4 is 21.4 Å². The highest BCUT2D eigenvalue weighted by molar-refractivity contribution is 7.92. The van der Waals surface area contributed by atoms with Crippen LogP contribution in [-0.2, 0) is 10.0 Å². The van der Waals surface area contributed by atoms with Gasteiger partial charge in [0.1, 0.15) is 0 Å². The molecule has 1 saturated carbocycles. The topological polar surface area (TPSA) is 110 Å². The monoisotopic (exact) mass is 328 g/mol. The van der Waals surface area contributed by atoms with Gasteiger partial charge in [-0.3, -0.25) is 14.8 Å². The number of nitrogens with zero attached hydrogens (tertiary/aromatic N) is 1. The maximum atomic E-state index is 11.4. The van der Waals surface area contributed by atoms with Crippen molar-refractivity contribution in [3.63, 3.8) is 0 Å². The molecule has 122 valence electrons. The van der Waals surface area contributed by atoms with Crippen LogP contribution in [-0.4, -0.2) is 24.7 Å². The molecule has 1 fully saturated rings. The Labute approximate surface area is 129 Å². The Morgan fingerprint density at radius 1 is 1.32 bits per heavy atom. The Morgan fingerprint density at radius 3 is 2.50 bits per heavy atom. The van der Waals surface area contributed by atoms with E-state index in [1.54, 1.807) is 0 Å². The minimum absolute atomic E-state index is 0.00383. The largest absolute Gasteiger partial charge is 0.388 e. The summed E-state index contributed by atoms with van der Waals surface area (Å²) in [7, 11) is -3.53. The average molecular weight is 328 g/mol. The van der Waals surface area contributed by atoms with E-state index < -0.39 is 21.1 Å². The Kier molecular flexibility index (Phi) is 5.02. The molecule has 1 atom stereocenters. The van der Waals surface area contributed by atoms with Crippen LogP contribution in [0.3, 0.4) is 0 Å². The quantitative estimate of drug-likeness (QED) is 0.637. The van der Waals surface area contributed by atoms with Crippen LogP contribution in [0.5, 0.6) is 0 Å². The molecule has 2 N–H and O–H groups in total. The number of sulfonamides is 1. The zero-order valence-electron chi connectivity index (χ0n) is 12.4. The molecule has 1 aliphatic carbocycles. The van der Waals surface area contributed by atoms with Crippen molar-refractivity contribution in [1.82, 2.24) is 0 Å². The van der Waals surface area contributed by atoms with Gasteiger partial charge in [0, 0.05) is 17.7 Å². The van der Waals surface area contributed by atoms with Gasteiger partial charge in [0.2, 0.25) is 10.0 Å². The molecule has 0 aromatic heterocycles. The highest BCUT2D eigenvalue weighted by Crippen LogP contribution is 2.38. The van der Waals surface area contributed by atoms with Gasteiger partial charge in [0.05, 0.1) is 23.0 Å². The molecular formula is C14H20N2O5S. The number of benzene rings is 1. The smallest absolute Gasteiger partial charge is 0.269 e. The summed E-state index contributed by atoms with van der Waals surface area (Å²) in [6.45, 7) is 0. The molecule has 1 aromatic rings. The molecule has 0 bridgehead atoms. The molecule has 0 saturated heterocycles. The lowest BCUT2D eigenvalue weighted by Gasteiger charge is -2.28. The number of aliphatic hydroxyl groups excluding tert-OH is 1. The van der Waals surface area contributed by atoms with Crippen LogP contribution in [0.1, 0.15) is 43.8 Å². The Hall–Kier alpha value is -1.67. The van der Waals surface area contributed by atoms with Gasteiger partial charge in [-0.2, -0.15) is 0 Å². The zero-order valence-corrected chi connectivity index (χ0v) is 13.2. The second-order valence-electron chi connectivity index (χ2n) is 5.75. The molecule has 0 radical (unpaired) electrons. The number of aliphatic hydroxyl groups is 1. The third-order valence-corrected chi connectivity index (χ3v) is 4.55. The van der Waals surface area contributed by atoms with Crippen LogP contribution in [0, 0.1) is 16.0 Å². The predicted octanol–water partition coefficient (Wildman–Crippen LogP) is 2.58. The number of hydrogen-bond donors (Lipinski definition) is 2. The van der Waals surface area contributed by atoms with Gasteiger partial charge >= 0.3 is 0 Å². The summed E-state index contributed by atoms with van der Waals surface area (Å²) in [6.07, 6.45) is 4.89. The van der Waals surface area contributed by atoms with Crippen molar-refractivity contribution in [1.29, 1.82) is 0 Å². The Bertz CT molecular complexity index is 653. The van der Waals surface area contributed by atoms with Crippen LogP contribution < -0.4 is 4.72 Å². The van der Waals surface area contributed by atoms with Gasteiger partial charge in [-0.25, -0.2) is 8.42 Å². The number of rotatable bonds is 5. The molecule has 1 aliphatic rings. The first-order valence-corrected chi connectivity index (χ1v) is 9.11. The van der Waals surface area contributed by atoms with Crippen molar-refractivity contribution < 1.29 is 18.4 Å². The summed E-state index contributed by atoms with van der Waals surface area (Å²) in [4.78, 5) is 10.4. The molecule has 0 spiro atoms. The number of nitro benzene ring substituents is 1. The second-order valence-corrected chi connectivity index (χ2v) is 7.49.